The maximum absolute atomic E-state index is 12.9. The van der Waals surface area contributed by atoms with Gasteiger partial charge in [-0.05, 0) is 37.1 Å². The molecule has 7 heteroatoms. The third kappa shape index (κ3) is 6.35. The number of hydrogen-bond donors (Lipinski definition) is 1. The fourth-order valence-electron chi connectivity index (χ4n) is 3.94. The van der Waals surface area contributed by atoms with Gasteiger partial charge in [-0.2, -0.15) is 0 Å². The second-order valence-electron chi connectivity index (χ2n) is 8.06. The first-order valence-corrected chi connectivity index (χ1v) is 11.0. The maximum Gasteiger partial charge on any atom is 0.243 e. The van der Waals surface area contributed by atoms with Gasteiger partial charge in [-0.3, -0.25) is 24.4 Å². The van der Waals surface area contributed by atoms with Crippen molar-refractivity contribution in [3.63, 3.8) is 0 Å². The van der Waals surface area contributed by atoms with E-state index in [0.29, 0.717) is 0 Å². The molecular weight excluding hydrogens is 390 g/mol. The molecule has 1 aliphatic rings. The Bertz CT molecular complexity index is 865. The molecule has 0 spiro atoms. The molecule has 1 aliphatic heterocycles. The van der Waals surface area contributed by atoms with Crippen molar-refractivity contribution in [2.24, 2.45) is 0 Å². The Balaban J connectivity index is 1.46. The van der Waals surface area contributed by atoms with E-state index in [2.05, 4.69) is 27.0 Å². The molecule has 31 heavy (non-hydrogen) atoms. The summed E-state index contributed by atoms with van der Waals surface area (Å²) in [6.45, 7) is 8.29. The number of carbonyl (C=O) groups is 2. The molecular formula is C24H33N5O2. The van der Waals surface area contributed by atoms with Crippen LogP contribution in [0.2, 0.25) is 0 Å². The molecule has 2 aromatic rings. The second kappa shape index (κ2) is 11.0. The molecule has 1 aromatic carbocycles. The highest BCUT2D eigenvalue weighted by Crippen LogP contribution is 2.15. The van der Waals surface area contributed by atoms with Crippen molar-refractivity contribution in [2.75, 3.05) is 45.1 Å². The number of carbonyl (C=O) groups excluding carboxylic acids is 2. The van der Waals surface area contributed by atoms with Gasteiger partial charge in [-0.1, -0.05) is 31.2 Å². The Kier molecular flexibility index (Phi) is 8.14. The highest BCUT2D eigenvalue weighted by atomic mass is 16.2. The van der Waals surface area contributed by atoms with Crippen LogP contribution in [0.4, 0.5) is 5.69 Å². The SMILES string of the molecule is CCc1ccccc1NC(=O)CN(C)C(=O)C(C)N1CCN(Cc2ccccn2)CC1. The van der Waals surface area contributed by atoms with Crippen LogP contribution >= 0.6 is 0 Å². The minimum absolute atomic E-state index is 0.0305. The van der Waals surface area contributed by atoms with Crippen LogP contribution in [0.25, 0.3) is 0 Å². The fourth-order valence-corrected chi connectivity index (χ4v) is 3.94. The molecule has 1 fully saturated rings. The van der Waals surface area contributed by atoms with Crippen LogP contribution in [0.15, 0.2) is 48.7 Å². The molecule has 1 unspecified atom stereocenters. The number of piperazine rings is 1. The molecule has 166 valence electrons. The molecule has 2 heterocycles. The molecule has 1 aromatic heterocycles. The standard InChI is InChI=1S/C24H33N5O2/c1-4-20-9-5-6-11-22(20)26-23(30)18-27(3)24(31)19(2)29-15-13-28(14-16-29)17-21-10-7-8-12-25-21/h5-12,19H,4,13-18H2,1-3H3,(H,26,30). The van der Waals surface area contributed by atoms with Gasteiger partial charge < -0.3 is 10.2 Å². The van der Waals surface area contributed by atoms with Gasteiger partial charge in [0.1, 0.15) is 0 Å². The van der Waals surface area contributed by atoms with Gasteiger partial charge in [0.15, 0.2) is 0 Å². The van der Waals surface area contributed by atoms with Crippen molar-refractivity contribution < 1.29 is 9.59 Å². The Labute approximate surface area is 185 Å². The number of likely N-dealkylation sites (N-methyl/N-ethyl adjacent to an activating group) is 1. The van der Waals surface area contributed by atoms with Crippen LogP contribution in [-0.2, 0) is 22.6 Å². The first kappa shape index (κ1) is 22.9. The number of benzene rings is 1. The van der Waals surface area contributed by atoms with E-state index < -0.39 is 0 Å². The van der Waals surface area contributed by atoms with Crippen molar-refractivity contribution in [3.05, 3.63) is 59.9 Å². The monoisotopic (exact) mass is 423 g/mol. The predicted octanol–water partition coefficient (Wildman–Crippen LogP) is 2.25. The maximum atomic E-state index is 12.9. The van der Waals surface area contributed by atoms with Gasteiger partial charge >= 0.3 is 0 Å². The molecule has 0 bridgehead atoms. The van der Waals surface area contributed by atoms with E-state index in [9.17, 15) is 9.59 Å². The van der Waals surface area contributed by atoms with Crippen molar-refractivity contribution in [1.29, 1.82) is 0 Å². The Hall–Kier alpha value is -2.77. The van der Waals surface area contributed by atoms with Crippen LogP contribution in [0.1, 0.15) is 25.1 Å². The number of nitrogens with one attached hydrogen (secondary N) is 1. The third-order valence-electron chi connectivity index (χ3n) is 5.85. The minimum atomic E-state index is -0.252. The van der Waals surface area contributed by atoms with Crippen LogP contribution < -0.4 is 5.32 Å². The number of anilines is 1. The summed E-state index contributed by atoms with van der Waals surface area (Å²) in [5, 5.41) is 2.94. The van der Waals surface area contributed by atoms with Crippen molar-refractivity contribution in [2.45, 2.75) is 32.9 Å². The highest BCUT2D eigenvalue weighted by Gasteiger charge is 2.28. The average molecular weight is 424 g/mol. The Morgan fingerprint density at radius 2 is 1.81 bits per heavy atom. The zero-order valence-corrected chi connectivity index (χ0v) is 18.8. The van der Waals surface area contributed by atoms with E-state index in [-0.39, 0.29) is 24.4 Å². The first-order valence-electron chi connectivity index (χ1n) is 11.0. The van der Waals surface area contributed by atoms with E-state index in [1.54, 1.807) is 7.05 Å². The van der Waals surface area contributed by atoms with Gasteiger partial charge in [0.05, 0.1) is 18.3 Å². The fraction of sp³-hybridized carbons (Fsp3) is 0.458. The van der Waals surface area contributed by atoms with E-state index in [1.165, 1.54) is 4.90 Å². The lowest BCUT2D eigenvalue weighted by molar-refractivity contribution is -0.138. The number of aromatic nitrogens is 1. The first-order chi connectivity index (χ1) is 15.0. The van der Waals surface area contributed by atoms with Crippen molar-refractivity contribution >= 4 is 17.5 Å². The van der Waals surface area contributed by atoms with E-state index in [1.807, 2.05) is 55.6 Å². The summed E-state index contributed by atoms with van der Waals surface area (Å²) in [5.74, 6) is -0.207. The normalized spacial score (nSPS) is 16.0. The van der Waals surface area contributed by atoms with Crippen molar-refractivity contribution in [1.82, 2.24) is 19.7 Å². The third-order valence-corrected chi connectivity index (χ3v) is 5.85. The smallest absolute Gasteiger partial charge is 0.243 e. The van der Waals surface area contributed by atoms with Gasteiger partial charge in [-0.15, -0.1) is 0 Å². The Morgan fingerprint density at radius 3 is 2.48 bits per heavy atom. The summed E-state index contributed by atoms with van der Waals surface area (Å²) in [6, 6.07) is 13.5. The van der Waals surface area contributed by atoms with Gasteiger partial charge in [0.25, 0.3) is 0 Å². The summed E-state index contributed by atoms with van der Waals surface area (Å²) >= 11 is 0. The predicted molar refractivity (Wildman–Crippen MR) is 123 cm³/mol. The molecule has 3 rings (SSSR count). The number of para-hydroxylation sites is 1. The van der Waals surface area contributed by atoms with E-state index in [4.69, 9.17) is 0 Å². The van der Waals surface area contributed by atoms with E-state index >= 15 is 0 Å². The van der Waals surface area contributed by atoms with Crippen LogP contribution in [0.3, 0.4) is 0 Å². The summed E-state index contributed by atoms with van der Waals surface area (Å²) in [6.07, 6.45) is 2.66. The number of rotatable bonds is 8. The Morgan fingerprint density at radius 1 is 1.10 bits per heavy atom. The lowest BCUT2D eigenvalue weighted by atomic mass is 10.1. The molecule has 0 radical (unpaired) electrons. The average Bonchev–Trinajstić information content (AvgIpc) is 2.79. The summed E-state index contributed by atoms with van der Waals surface area (Å²) in [5.41, 5.74) is 2.96. The number of amides is 2. The number of aryl methyl sites for hydroxylation is 1. The van der Waals surface area contributed by atoms with Gasteiger partial charge in [-0.25, -0.2) is 0 Å². The lowest BCUT2D eigenvalue weighted by Gasteiger charge is -2.38. The zero-order chi connectivity index (χ0) is 22.2. The van der Waals surface area contributed by atoms with E-state index in [0.717, 1.165) is 56.1 Å². The molecule has 1 saturated heterocycles. The highest BCUT2D eigenvalue weighted by molar-refractivity contribution is 5.95. The molecule has 0 saturated carbocycles. The largest absolute Gasteiger partial charge is 0.335 e. The van der Waals surface area contributed by atoms with Gasteiger partial charge in [0, 0.05) is 51.7 Å². The summed E-state index contributed by atoms with van der Waals surface area (Å²) in [4.78, 5) is 35.9. The zero-order valence-electron chi connectivity index (χ0n) is 18.8. The summed E-state index contributed by atoms with van der Waals surface area (Å²) in [7, 11) is 1.70. The number of pyridine rings is 1. The molecule has 1 atom stereocenters. The molecule has 1 N–H and O–H groups in total. The molecule has 0 aliphatic carbocycles. The number of hydrogen-bond acceptors (Lipinski definition) is 5. The minimum Gasteiger partial charge on any atom is -0.335 e. The van der Waals surface area contributed by atoms with Gasteiger partial charge in [0.2, 0.25) is 11.8 Å². The van der Waals surface area contributed by atoms with Crippen LogP contribution in [0.5, 0.6) is 0 Å². The molecule has 7 nitrogen and oxygen atoms in total. The van der Waals surface area contributed by atoms with Crippen LogP contribution in [0, 0.1) is 0 Å². The van der Waals surface area contributed by atoms with Crippen molar-refractivity contribution in [3.8, 4) is 0 Å². The topological polar surface area (TPSA) is 68.8 Å². The van der Waals surface area contributed by atoms with Crippen LogP contribution in [-0.4, -0.2) is 77.3 Å². The second-order valence-corrected chi connectivity index (χ2v) is 8.06. The number of nitrogens with zero attached hydrogens (tertiary/aromatic N) is 4. The molecule has 2 amide bonds. The lowest BCUT2D eigenvalue weighted by Crippen LogP contribution is -2.54. The quantitative estimate of drug-likeness (QED) is 0.705. The summed E-state index contributed by atoms with van der Waals surface area (Å²) < 4.78 is 0.